The van der Waals surface area contributed by atoms with Gasteiger partial charge >= 0.3 is 0 Å². The van der Waals surface area contributed by atoms with Gasteiger partial charge in [-0.05, 0) is 67.6 Å². The molecule has 0 atom stereocenters. The summed E-state index contributed by atoms with van der Waals surface area (Å²) < 4.78 is 5.80. The van der Waals surface area contributed by atoms with E-state index in [1.807, 2.05) is 6.08 Å². The van der Waals surface area contributed by atoms with Crippen molar-refractivity contribution in [3.05, 3.63) is 54.6 Å². The fourth-order valence-corrected chi connectivity index (χ4v) is 3.57. The van der Waals surface area contributed by atoms with Crippen molar-refractivity contribution in [1.82, 2.24) is 0 Å². The number of aryl methyl sites for hydroxylation is 1. The topological polar surface area (TPSA) is 9.23 Å². The number of ether oxygens (including phenoxy) is 1. The van der Waals surface area contributed by atoms with E-state index in [0.29, 0.717) is 6.61 Å². The summed E-state index contributed by atoms with van der Waals surface area (Å²) in [4.78, 5) is 0. The SMILES string of the molecule is C=CCOc1ccc([C@H]2CC[C@H](CC=C)CC2)cc1CCC. The molecule has 1 aliphatic carbocycles. The summed E-state index contributed by atoms with van der Waals surface area (Å²) in [5.41, 5.74) is 2.86. The van der Waals surface area contributed by atoms with Crippen LogP contribution in [0.1, 0.15) is 62.5 Å². The molecule has 0 bridgehead atoms. The van der Waals surface area contributed by atoms with Crippen LogP contribution in [0.2, 0.25) is 0 Å². The molecule has 0 N–H and O–H groups in total. The van der Waals surface area contributed by atoms with Gasteiger partial charge in [0, 0.05) is 0 Å². The highest BCUT2D eigenvalue weighted by molar-refractivity contribution is 5.39. The van der Waals surface area contributed by atoms with E-state index in [9.17, 15) is 0 Å². The van der Waals surface area contributed by atoms with Gasteiger partial charge in [-0.2, -0.15) is 0 Å². The molecule has 1 aromatic rings. The Hall–Kier alpha value is -1.50. The Labute approximate surface area is 136 Å². The van der Waals surface area contributed by atoms with Gasteiger partial charge in [-0.1, -0.05) is 44.2 Å². The predicted octanol–water partition coefficient (Wildman–Crippen LogP) is 6.05. The lowest BCUT2D eigenvalue weighted by molar-refractivity contribution is 0.327. The van der Waals surface area contributed by atoms with Crippen LogP contribution in [0.25, 0.3) is 0 Å². The third-order valence-electron chi connectivity index (χ3n) is 4.78. The van der Waals surface area contributed by atoms with E-state index in [-0.39, 0.29) is 0 Å². The van der Waals surface area contributed by atoms with Crippen LogP contribution in [0.3, 0.4) is 0 Å². The first kappa shape index (κ1) is 16.9. The summed E-state index contributed by atoms with van der Waals surface area (Å²) in [6.07, 6.45) is 12.6. The molecule has 1 aromatic carbocycles. The van der Waals surface area contributed by atoms with Gasteiger partial charge in [0.25, 0.3) is 0 Å². The van der Waals surface area contributed by atoms with Crippen molar-refractivity contribution in [2.75, 3.05) is 6.61 Å². The molecule has 1 aliphatic rings. The lowest BCUT2D eigenvalue weighted by Gasteiger charge is -2.28. The highest BCUT2D eigenvalue weighted by atomic mass is 16.5. The zero-order valence-electron chi connectivity index (χ0n) is 14.0. The monoisotopic (exact) mass is 298 g/mol. The van der Waals surface area contributed by atoms with E-state index in [2.05, 4.69) is 44.4 Å². The summed E-state index contributed by atoms with van der Waals surface area (Å²) in [5, 5.41) is 0. The summed E-state index contributed by atoms with van der Waals surface area (Å²) in [6, 6.07) is 6.83. The zero-order chi connectivity index (χ0) is 15.8. The molecule has 0 saturated heterocycles. The maximum atomic E-state index is 5.80. The maximum absolute atomic E-state index is 5.80. The highest BCUT2D eigenvalue weighted by Gasteiger charge is 2.22. The molecule has 1 fully saturated rings. The van der Waals surface area contributed by atoms with Crippen molar-refractivity contribution >= 4 is 0 Å². The third-order valence-corrected chi connectivity index (χ3v) is 4.78. The van der Waals surface area contributed by atoms with Crippen LogP contribution >= 0.6 is 0 Å². The molecule has 2 rings (SSSR count). The molecule has 120 valence electrons. The van der Waals surface area contributed by atoms with E-state index in [1.54, 1.807) is 0 Å². The average molecular weight is 298 g/mol. The third kappa shape index (κ3) is 4.50. The molecule has 0 radical (unpaired) electrons. The van der Waals surface area contributed by atoms with Crippen LogP contribution < -0.4 is 4.74 Å². The van der Waals surface area contributed by atoms with Crippen LogP contribution in [0.4, 0.5) is 0 Å². The minimum Gasteiger partial charge on any atom is -0.489 e. The second kappa shape index (κ2) is 8.82. The van der Waals surface area contributed by atoms with E-state index in [0.717, 1.165) is 30.4 Å². The van der Waals surface area contributed by atoms with Crippen molar-refractivity contribution in [1.29, 1.82) is 0 Å². The van der Waals surface area contributed by atoms with Gasteiger partial charge in [0.05, 0.1) is 0 Å². The van der Waals surface area contributed by atoms with Crippen molar-refractivity contribution in [3.8, 4) is 5.75 Å². The van der Waals surface area contributed by atoms with Crippen LogP contribution in [-0.2, 0) is 6.42 Å². The summed E-state index contributed by atoms with van der Waals surface area (Å²) >= 11 is 0. The van der Waals surface area contributed by atoms with E-state index < -0.39 is 0 Å². The largest absolute Gasteiger partial charge is 0.489 e. The van der Waals surface area contributed by atoms with Gasteiger partial charge in [0.2, 0.25) is 0 Å². The Balaban J connectivity index is 2.06. The fraction of sp³-hybridized carbons (Fsp3) is 0.524. The van der Waals surface area contributed by atoms with Crippen LogP contribution in [0, 0.1) is 5.92 Å². The first-order chi connectivity index (χ1) is 10.8. The molecular formula is C21H30O. The Kier molecular flexibility index (Phi) is 6.76. The smallest absolute Gasteiger partial charge is 0.122 e. The van der Waals surface area contributed by atoms with Gasteiger partial charge in [0.1, 0.15) is 12.4 Å². The summed E-state index contributed by atoms with van der Waals surface area (Å²) in [6.45, 7) is 10.4. The lowest BCUT2D eigenvalue weighted by Crippen LogP contribution is -2.13. The summed E-state index contributed by atoms with van der Waals surface area (Å²) in [7, 11) is 0. The Morgan fingerprint density at radius 1 is 1.14 bits per heavy atom. The molecular weight excluding hydrogens is 268 g/mol. The van der Waals surface area contributed by atoms with Crippen molar-refractivity contribution in [2.45, 2.75) is 57.8 Å². The molecule has 0 spiro atoms. The van der Waals surface area contributed by atoms with Crippen molar-refractivity contribution < 1.29 is 4.74 Å². The van der Waals surface area contributed by atoms with Crippen LogP contribution in [0.15, 0.2) is 43.5 Å². The quantitative estimate of drug-likeness (QED) is 0.530. The molecule has 0 amide bonds. The normalized spacial score (nSPS) is 21.3. The first-order valence-electron chi connectivity index (χ1n) is 8.75. The van der Waals surface area contributed by atoms with Crippen molar-refractivity contribution in [2.24, 2.45) is 5.92 Å². The highest BCUT2D eigenvalue weighted by Crippen LogP contribution is 2.38. The number of benzene rings is 1. The standard InChI is InChI=1S/C21H30O/c1-4-7-17-9-11-18(12-10-17)19-13-14-21(22-15-6-3)20(16-19)8-5-2/h4,6,13-14,16-18H,1,3,5,7-12,15H2,2H3/t17-,18-. The second-order valence-electron chi connectivity index (χ2n) is 6.46. The Morgan fingerprint density at radius 2 is 1.91 bits per heavy atom. The number of hydrogen-bond acceptors (Lipinski definition) is 1. The number of hydrogen-bond donors (Lipinski definition) is 0. The lowest BCUT2D eigenvalue weighted by atomic mass is 9.77. The van der Waals surface area contributed by atoms with Gasteiger partial charge < -0.3 is 4.74 Å². The van der Waals surface area contributed by atoms with Crippen LogP contribution in [-0.4, -0.2) is 6.61 Å². The minimum absolute atomic E-state index is 0.586. The maximum Gasteiger partial charge on any atom is 0.122 e. The molecule has 0 aromatic heterocycles. The van der Waals surface area contributed by atoms with Gasteiger partial charge in [-0.3, -0.25) is 0 Å². The molecule has 1 saturated carbocycles. The predicted molar refractivity (Wildman–Crippen MR) is 95.6 cm³/mol. The zero-order valence-corrected chi connectivity index (χ0v) is 14.0. The molecule has 0 aliphatic heterocycles. The summed E-state index contributed by atoms with van der Waals surface area (Å²) in [5.74, 6) is 2.62. The fourth-order valence-electron chi connectivity index (χ4n) is 3.57. The van der Waals surface area contributed by atoms with E-state index in [1.165, 1.54) is 43.2 Å². The number of allylic oxidation sites excluding steroid dienone is 1. The molecule has 0 heterocycles. The molecule has 1 heteroatoms. The molecule has 1 nitrogen and oxygen atoms in total. The second-order valence-corrected chi connectivity index (χ2v) is 6.46. The van der Waals surface area contributed by atoms with Crippen molar-refractivity contribution in [3.63, 3.8) is 0 Å². The molecule has 22 heavy (non-hydrogen) atoms. The van der Waals surface area contributed by atoms with Gasteiger partial charge in [0.15, 0.2) is 0 Å². The number of rotatable bonds is 8. The van der Waals surface area contributed by atoms with Gasteiger partial charge in [-0.25, -0.2) is 0 Å². The molecule has 0 unspecified atom stereocenters. The van der Waals surface area contributed by atoms with E-state index >= 15 is 0 Å². The first-order valence-corrected chi connectivity index (χ1v) is 8.75. The van der Waals surface area contributed by atoms with Crippen LogP contribution in [0.5, 0.6) is 5.75 Å². The minimum atomic E-state index is 0.586. The van der Waals surface area contributed by atoms with E-state index in [4.69, 9.17) is 4.74 Å². The Bertz CT molecular complexity index is 481. The average Bonchev–Trinajstić information content (AvgIpc) is 2.55. The Morgan fingerprint density at radius 3 is 2.55 bits per heavy atom. The van der Waals surface area contributed by atoms with Gasteiger partial charge in [-0.15, -0.1) is 6.58 Å².